The van der Waals surface area contributed by atoms with Gasteiger partial charge in [0.1, 0.15) is 0 Å². The fourth-order valence-electron chi connectivity index (χ4n) is 2.80. The molecule has 0 aromatic rings. The second-order valence-corrected chi connectivity index (χ2v) is 5.47. The highest BCUT2D eigenvalue weighted by atomic mass is 16.5. The molecule has 5 heteroatoms. The first-order valence-electron chi connectivity index (χ1n) is 7.89. The van der Waals surface area contributed by atoms with Crippen molar-refractivity contribution in [3.8, 4) is 0 Å². The van der Waals surface area contributed by atoms with Gasteiger partial charge in [-0.1, -0.05) is 0 Å². The van der Waals surface area contributed by atoms with Crippen molar-refractivity contribution in [2.75, 3.05) is 46.4 Å². The molecule has 1 aliphatic heterocycles. The molecule has 1 aliphatic rings. The number of carbonyl (C=O) groups excluding carboxylic acids is 1. The topological polar surface area (TPSA) is 44.8 Å². The second-order valence-electron chi connectivity index (χ2n) is 5.47. The third kappa shape index (κ3) is 5.04. The summed E-state index contributed by atoms with van der Waals surface area (Å²) in [7, 11) is 1.71. The Morgan fingerprint density at radius 1 is 1.40 bits per heavy atom. The molecule has 0 bridgehead atoms. The van der Waals surface area contributed by atoms with Crippen LogP contribution in [0, 0.1) is 0 Å². The summed E-state index contributed by atoms with van der Waals surface area (Å²) < 4.78 is 5.19. The maximum absolute atomic E-state index is 12.5. The molecular formula is C15H31N3O2. The van der Waals surface area contributed by atoms with Gasteiger partial charge in [-0.2, -0.15) is 0 Å². The van der Waals surface area contributed by atoms with Crippen molar-refractivity contribution in [3.05, 3.63) is 0 Å². The Bertz CT molecular complexity index is 276. The molecule has 0 radical (unpaired) electrons. The molecule has 0 aromatic carbocycles. The molecule has 0 saturated carbocycles. The number of hydrogen-bond acceptors (Lipinski definition) is 4. The largest absolute Gasteiger partial charge is 0.383 e. The van der Waals surface area contributed by atoms with Crippen LogP contribution in [0.2, 0.25) is 0 Å². The lowest BCUT2D eigenvalue weighted by Crippen LogP contribution is -2.51. The van der Waals surface area contributed by atoms with Crippen molar-refractivity contribution in [3.63, 3.8) is 0 Å². The SMILES string of the molecule is CCN(CC)C(=O)C(C)N(CCOC)CC1CCCN1. The van der Waals surface area contributed by atoms with Crippen LogP contribution in [-0.2, 0) is 9.53 Å². The number of carbonyl (C=O) groups is 1. The normalized spacial score (nSPS) is 20.4. The van der Waals surface area contributed by atoms with Crippen molar-refractivity contribution >= 4 is 5.91 Å². The van der Waals surface area contributed by atoms with E-state index < -0.39 is 0 Å². The number of rotatable bonds is 9. The number of nitrogens with zero attached hydrogens (tertiary/aromatic N) is 2. The minimum absolute atomic E-state index is 0.0764. The third-order valence-electron chi connectivity index (χ3n) is 4.18. The Balaban J connectivity index is 2.61. The predicted octanol–water partition coefficient (Wildman–Crippen LogP) is 0.944. The van der Waals surface area contributed by atoms with Gasteiger partial charge < -0.3 is 15.0 Å². The van der Waals surface area contributed by atoms with Gasteiger partial charge in [0, 0.05) is 39.3 Å². The van der Waals surface area contributed by atoms with E-state index >= 15 is 0 Å². The summed E-state index contributed by atoms with van der Waals surface area (Å²) in [4.78, 5) is 16.7. The van der Waals surface area contributed by atoms with E-state index in [1.54, 1.807) is 7.11 Å². The molecule has 5 nitrogen and oxygen atoms in total. The van der Waals surface area contributed by atoms with Gasteiger partial charge >= 0.3 is 0 Å². The summed E-state index contributed by atoms with van der Waals surface area (Å²) in [5, 5.41) is 3.51. The Morgan fingerprint density at radius 3 is 2.60 bits per heavy atom. The molecule has 0 aliphatic carbocycles. The predicted molar refractivity (Wildman–Crippen MR) is 81.9 cm³/mol. The first-order valence-corrected chi connectivity index (χ1v) is 7.89. The molecule has 20 heavy (non-hydrogen) atoms. The molecule has 0 spiro atoms. The number of nitrogens with one attached hydrogen (secondary N) is 1. The zero-order valence-corrected chi connectivity index (χ0v) is 13.5. The lowest BCUT2D eigenvalue weighted by molar-refractivity contribution is -0.136. The molecule has 2 unspecified atom stereocenters. The smallest absolute Gasteiger partial charge is 0.239 e. The van der Waals surface area contributed by atoms with Crippen LogP contribution in [0.1, 0.15) is 33.6 Å². The molecule has 118 valence electrons. The lowest BCUT2D eigenvalue weighted by Gasteiger charge is -2.33. The maximum atomic E-state index is 12.5. The van der Waals surface area contributed by atoms with Gasteiger partial charge in [0.15, 0.2) is 0 Å². The zero-order valence-electron chi connectivity index (χ0n) is 13.5. The Kier molecular flexibility index (Phi) is 8.11. The number of hydrogen-bond donors (Lipinski definition) is 1. The van der Waals surface area contributed by atoms with Crippen molar-refractivity contribution in [1.29, 1.82) is 0 Å². The molecule has 1 saturated heterocycles. The van der Waals surface area contributed by atoms with E-state index in [4.69, 9.17) is 4.74 Å². The van der Waals surface area contributed by atoms with Crippen LogP contribution in [0.3, 0.4) is 0 Å². The minimum Gasteiger partial charge on any atom is -0.383 e. The van der Waals surface area contributed by atoms with Crippen LogP contribution < -0.4 is 5.32 Å². The van der Waals surface area contributed by atoms with E-state index in [0.29, 0.717) is 12.6 Å². The van der Waals surface area contributed by atoms with Crippen LogP contribution in [0.5, 0.6) is 0 Å². The molecular weight excluding hydrogens is 254 g/mol. The number of likely N-dealkylation sites (N-methyl/N-ethyl adjacent to an activating group) is 1. The van der Waals surface area contributed by atoms with Crippen molar-refractivity contribution in [2.24, 2.45) is 0 Å². The Morgan fingerprint density at radius 2 is 2.10 bits per heavy atom. The summed E-state index contributed by atoms with van der Waals surface area (Å²) in [6.07, 6.45) is 2.44. The summed E-state index contributed by atoms with van der Waals surface area (Å²) in [5.41, 5.74) is 0. The maximum Gasteiger partial charge on any atom is 0.239 e. The lowest BCUT2D eigenvalue weighted by atomic mass is 10.1. The molecule has 2 atom stereocenters. The van der Waals surface area contributed by atoms with E-state index in [0.717, 1.165) is 32.7 Å². The molecule has 1 rings (SSSR count). The van der Waals surface area contributed by atoms with E-state index in [1.165, 1.54) is 12.8 Å². The fourth-order valence-corrected chi connectivity index (χ4v) is 2.80. The highest BCUT2D eigenvalue weighted by Gasteiger charge is 2.27. The number of ether oxygens (including phenoxy) is 1. The van der Waals surface area contributed by atoms with Crippen LogP contribution in [0.15, 0.2) is 0 Å². The second kappa shape index (κ2) is 9.32. The highest BCUT2D eigenvalue weighted by molar-refractivity contribution is 5.81. The third-order valence-corrected chi connectivity index (χ3v) is 4.18. The van der Waals surface area contributed by atoms with Gasteiger partial charge in [0.05, 0.1) is 12.6 Å². The van der Waals surface area contributed by atoms with E-state index in [9.17, 15) is 4.79 Å². The van der Waals surface area contributed by atoms with Gasteiger partial charge in [-0.3, -0.25) is 9.69 Å². The average Bonchev–Trinajstić information content (AvgIpc) is 2.96. The van der Waals surface area contributed by atoms with Crippen molar-refractivity contribution in [1.82, 2.24) is 15.1 Å². The summed E-state index contributed by atoms with van der Waals surface area (Å²) in [5.74, 6) is 0.226. The summed E-state index contributed by atoms with van der Waals surface area (Å²) in [6.45, 7) is 11.1. The molecule has 1 N–H and O–H groups in total. The molecule has 0 aromatic heterocycles. The molecule has 1 fully saturated rings. The number of methoxy groups -OCH3 is 1. The average molecular weight is 285 g/mol. The molecule has 1 heterocycles. The first-order chi connectivity index (χ1) is 9.63. The Hall–Kier alpha value is -0.650. The minimum atomic E-state index is -0.0764. The van der Waals surface area contributed by atoms with Crippen LogP contribution in [-0.4, -0.2) is 74.2 Å². The fraction of sp³-hybridized carbons (Fsp3) is 0.933. The van der Waals surface area contributed by atoms with Crippen LogP contribution >= 0.6 is 0 Å². The zero-order chi connectivity index (χ0) is 15.0. The van der Waals surface area contributed by atoms with Gasteiger partial charge in [-0.15, -0.1) is 0 Å². The van der Waals surface area contributed by atoms with E-state index in [1.807, 2.05) is 25.7 Å². The monoisotopic (exact) mass is 285 g/mol. The van der Waals surface area contributed by atoms with Gasteiger partial charge in [-0.25, -0.2) is 0 Å². The van der Waals surface area contributed by atoms with Crippen molar-refractivity contribution < 1.29 is 9.53 Å². The Labute approximate surface area is 123 Å². The van der Waals surface area contributed by atoms with Crippen LogP contribution in [0.4, 0.5) is 0 Å². The highest BCUT2D eigenvalue weighted by Crippen LogP contribution is 2.11. The summed E-state index contributed by atoms with van der Waals surface area (Å²) in [6, 6.07) is 0.436. The van der Waals surface area contributed by atoms with Gasteiger partial charge in [-0.05, 0) is 40.2 Å². The summed E-state index contributed by atoms with van der Waals surface area (Å²) >= 11 is 0. The van der Waals surface area contributed by atoms with E-state index in [2.05, 4.69) is 10.2 Å². The van der Waals surface area contributed by atoms with Crippen LogP contribution in [0.25, 0.3) is 0 Å². The molecule has 1 amide bonds. The van der Waals surface area contributed by atoms with E-state index in [-0.39, 0.29) is 11.9 Å². The quantitative estimate of drug-likeness (QED) is 0.685. The van der Waals surface area contributed by atoms with Crippen molar-refractivity contribution in [2.45, 2.75) is 45.7 Å². The standard InChI is InChI=1S/C15H31N3O2/c1-5-17(6-2)15(19)13(3)18(10-11-20-4)12-14-8-7-9-16-14/h13-14,16H,5-12H2,1-4H3. The van der Waals surface area contributed by atoms with Gasteiger partial charge in [0.2, 0.25) is 5.91 Å². The van der Waals surface area contributed by atoms with Gasteiger partial charge in [0.25, 0.3) is 0 Å². The first kappa shape index (κ1) is 17.4. The number of amides is 1.